The van der Waals surface area contributed by atoms with E-state index in [4.69, 9.17) is 27.9 Å². The van der Waals surface area contributed by atoms with Gasteiger partial charge in [-0.1, -0.05) is 41.4 Å². The zero-order valence-corrected chi connectivity index (χ0v) is 13.7. The lowest BCUT2D eigenvalue weighted by molar-refractivity contribution is -0.147. The number of aryl methyl sites for hydroxylation is 1. The van der Waals surface area contributed by atoms with E-state index in [-0.39, 0.29) is 18.5 Å². The topological polar surface area (TPSA) is 55.4 Å². The number of amides is 1. The number of esters is 1. The summed E-state index contributed by atoms with van der Waals surface area (Å²) in [5.74, 6) is -0.630. The van der Waals surface area contributed by atoms with Crippen LogP contribution in [0.5, 0.6) is 0 Å². The molecule has 1 amide bonds. The van der Waals surface area contributed by atoms with Gasteiger partial charge in [0.1, 0.15) is 0 Å². The predicted octanol–water partition coefficient (Wildman–Crippen LogP) is 4.14. The Morgan fingerprint density at radius 3 is 2.82 bits per heavy atom. The lowest BCUT2D eigenvalue weighted by Crippen LogP contribution is -2.22. The zero-order valence-electron chi connectivity index (χ0n) is 12.2. The Kier molecular flexibility index (Phi) is 5.86. The second kappa shape index (κ2) is 7.65. The molecule has 2 rings (SSSR count). The Morgan fingerprint density at radius 2 is 2.14 bits per heavy atom. The standard InChI is InChI=1S/C16H17Cl2NO3/c1-10-6-7-12(17)16(15(10)18)19-13(20)9-22-14(21)8-11-4-2-3-5-11/h2,4,6-7,11H,3,5,8-9H2,1H3,(H,19,20)/t11-/m0/s1. The Morgan fingerprint density at radius 1 is 1.36 bits per heavy atom. The molecule has 1 aliphatic carbocycles. The van der Waals surface area contributed by atoms with Gasteiger partial charge in [-0.05, 0) is 37.3 Å². The van der Waals surface area contributed by atoms with Gasteiger partial charge in [0.15, 0.2) is 6.61 Å². The first-order valence-electron chi connectivity index (χ1n) is 7.04. The van der Waals surface area contributed by atoms with Crippen molar-refractivity contribution >= 4 is 40.8 Å². The number of nitrogens with one attached hydrogen (secondary N) is 1. The van der Waals surface area contributed by atoms with Crippen LogP contribution in [0.4, 0.5) is 5.69 Å². The van der Waals surface area contributed by atoms with Gasteiger partial charge < -0.3 is 10.1 Å². The van der Waals surface area contributed by atoms with E-state index < -0.39 is 5.91 Å². The Balaban J connectivity index is 1.84. The largest absolute Gasteiger partial charge is 0.456 e. The quantitative estimate of drug-likeness (QED) is 0.646. The predicted molar refractivity (Wildman–Crippen MR) is 87.3 cm³/mol. The fourth-order valence-corrected chi connectivity index (χ4v) is 2.70. The van der Waals surface area contributed by atoms with Crippen LogP contribution in [0.25, 0.3) is 0 Å². The normalized spacial score (nSPS) is 16.6. The number of hydrogen-bond acceptors (Lipinski definition) is 3. The summed E-state index contributed by atoms with van der Waals surface area (Å²) in [5, 5.41) is 3.29. The minimum atomic E-state index is -0.468. The number of benzene rings is 1. The highest BCUT2D eigenvalue weighted by Gasteiger charge is 2.17. The van der Waals surface area contributed by atoms with E-state index >= 15 is 0 Å². The molecular weight excluding hydrogens is 325 g/mol. The van der Waals surface area contributed by atoms with E-state index in [2.05, 4.69) is 5.32 Å². The molecule has 0 saturated carbocycles. The molecule has 0 aliphatic heterocycles. The Bertz CT molecular complexity index is 614. The summed E-state index contributed by atoms with van der Waals surface area (Å²) >= 11 is 12.1. The van der Waals surface area contributed by atoms with Crippen molar-refractivity contribution in [1.82, 2.24) is 0 Å². The number of hydrogen-bond donors (Lipinski definition) is 1. The SMILES string of the molecule is Cc1ccc(Cl)c(NC(=O)COC(=O)C[C@H]2C=CCC2)c1Cl. The van der Waals surface area contributed by atoms with E-state index in [1.54, 1.807) is 12.1 Å². The number of carbonyl (C=O) groups is 2. The van der Waals surface area contributed by atoms with E-state index in [1.807, 2.05) is 19.1 Å². The molecule has 0 aromatic heterocycles. The molecule has 22 heavy (non-hydrogen) atoms. The first-order valence-corrected chi connectivity index (χ1v) is 7.79. The van der Waals surface area contributed by atoms with Crippen LogP contribution in [0.1, 0.15) is 24.8 Å². The maximum absolute atomic E-state index is 11.9. The van der Waals surface area contributed by atoms with Gasteiger partial charge in [-0.3, -0.25) is 9.59 Å². The van der Waals surface area contributed by atoms with Crippen LogP contribution in [-0.4, -0.2) is 18.5 Å². The first kappa shape index (κ1) is 16.8. The minimum Gasteiger partial charge on any atom is -0.456 e. The number of halogens is 2. The Hall–Kier alpha value is -1.52. The van der Waals surface area contributed by atoms with E-state index in [1.165, 1.54) is 0 Å². The van der Waals surface area contributed by atoms with Gasteiger partial charge in [0.2, 0.25) is 0 Å². The summed E-state index contributed by atoms with van der Waals surface area (Å²) in [7, 11) is 0. The molecule has 1 aromatic carbocycles. The summed E-state index contributed by atoms with van der Waals surface area (Å²) in [5.41, 5.74) is 1.13. The van der Waals surface area contributed by atoms with Gasteiger partial charge in [0.25, 0.3) is 5.91 Å². The minimum absolute atomic E-state index is 0.219. The van der Waals surface area contributed by atoms with Gasteiger partial charge in [0, 0.05) is 0 Å². The van der Waals surface area contributed by atoms with Crippen LogP contribution >= 0.6 is 23.2 Å². The van der Waals surface area contributed by atoms with E-state index in [0.717, 1.165) is 18.4 Å². The molecule has 0 radical (unpaired) electrons. The number of ether oxygens (including phenoxy) is 1. The van der Waals surface area contributed by atoms with Crippen LogP contribution in [0, 0.1) is 12.8 Å². The van der Waals surface area contributed by atoms with Crippen molar-refractivity contribution < 1.29 is 14.3 Å². The third kappa shape index (κ3) is 4.49. The summed E-state index contributed by atoms with van der Waals surface area (Å²) in [6.45, 7) is 1.46. The van der Waals surface area contributed by atoms with Crippen LogP contribution in [-0.2, 0) is 14.3 Å². The van der Waals surface area contributed by atoms with Crippen molar-refractivity contribution in [2.24, 2.45) is 5.92 Å². The monoisotopic (exact) mass is 341 g/mol. The zero-order chi connectivity index (χ0) is 16.1. The van der Waals surface area contributed by atoms with E-state index in [0.29, 0.717) is 22.2 Å². The van der Waals surface area contributed by atoms with Crippen LogP contribution < -0.4 is 5.32 Å². The van der Waals surface area contributed by atoms with Crippen LogP contribution in [0.2, 0.25) is 10.0 Å². The van der Waals surface area contributed by atoms with Crippen molar-refractivity contribution in [1.29, 1.82) is 0 Å². The fraction of sp³-hybridized carbons (Fsp3) is 0.375. The maximum atomic E-state index is 11.9. The van der Waals surface area contributed by atoms with Gasteiger partial charge in [0.05, 0.1) is 22.2 Å². The highest BCUT2D eigenvalue weighted by molar-refractivity contribution is 6.40. The van der Waals surface area contributed by atoms with Gasteiger partial charge in [-0.2, -0.15) is 0 Å². The average molecular weight is 342 g/mol. The maximum Gasteiger partial charge on any atom is 0.306 e. The molecule has 6 heteroatoms. The lowest BCUT2D eigenvalue weighted by Gasteiger charge is -2.12. The van der Waals surface area contributed by atoms with Crippen molar-refractivity contribution in [3.05, 3.63) is 39.9 Å². The third-order valence-corrected chi connectivity index (χ3v) is 4.26. The average Bonchev–Trinajstić information content (AvgIpc) is 2.98. The first-order chi connectivity index (χ1) is 10.5. The van der Waals surface area contributed by atoms with Crippen molar-refractivity contribution in [3.8, 4) is 0 Å². The van der Waals surface area contributed by atoms with Gasteiger partial charge in [-0.15, -0.1) is 0 Å². The smallest absolute Gasteiger partial charge is 0.306 e. The Labute approximate surface area is 139 Å². The highest BCUT2D eigenvalue weighted by Crippen LogP contribution is 2.32. The number of allylic oxidation sites excluding steroid dienone is 2. The molecule has 0 heterocycles. The summed E-state index contributed by atoms with van der Waals surface area (Å²) in [4.78, 5) is 23.5. The molecule has 0 unspecified atom stereocenters. The number of anilines is 1. The number of rotatable bonds is 5. The van der Waals surface area contributed by atoms with Crippen molar-refractivity contribution in [2.75, 3.05) is 11.9 Å². The molecule has 1 N–H and O–H groups in total. The van der Waals surface area contributed by atoms with Crippen LogP contribution in [0.3, 0.4) is 0 Å². The molecule has 0 fully saturated rings. The lowest BCUT2D eigenvalue weighted by atomic mass is 10.1. The van der Waals surface area contributed by atoms with E-state index in [9.17, 15) is 9.59 Å². The molecule has 118 valence electrons. The molecule has 0 saturated heterocycles. The second-order valence-corrected chi connectivity index (χ2v) is 6.02. The second-order valence-electron chi connectivity index (χ2n) is 5.23. The van der Waals surface area contributed by atoms with Gasteiger partial charge in [-0.25, -0.2) is 0 Å². The summed E-state index contributed by atoms with van der Waals surface area (Å²) < 4.78 is 4.98. The number of carbonyl (C=O) groups excluding carboxylic acids is 2. The molecule has 0 spiro atoms. The van der Waals surface area contributed by atoms with Crippen molar-refractivity contribution in [2.45, 2.75) is 26.2 Å². The van der Waals surface area contributed by atoms with Crippen LogP contribution in [0.15, 0.2) is 24.3 Å². The fourth-order valence-electron chi connectivity index (χ4n) is 2.23. The summed E-state index contributed by atoms with van der Waals surface area (Å²) in [6, 6.07) is 3.41. The highest BCUT2D eigenvalue weighted by atomic mass is 35.5. The molecule has 1 aromatic rings. The van der Waals surface area contributed by atoms with Crippen molar-refractivity contribution in [3.63, 3.8) is 0 Å². The molecule has 4 nitrogen and oxygen atoms in total. The molecule has 1 atom stereocenters. The molecular formula is C16H17Cl2NO3. The van der Waals surface area contributed by atoms with Gasteiger partial charge >= 0.3 is 5.97 Å². The third-order valence-electron chi connectivity index (χ3n) is 3.45. The molecule has 1 aliphatic rings. The summed E-state index contributed by atoms with van der Waals surface area (Å²) in [6.07, 6.45) is 6.30. The molecule has 0 bridgehead atoms.